The lowest BCUT2D eigenvalue weighted by molar-refractivity contribution is -0.121. The average molecular weight is 202 g/mol. The molecule has 1 aromatic rings. The normalized spacial score (nSPS) is 12.9. The lowest BCUT2D eigenvalue weighted by Gasteiger charge is -2.02. The van der Waals surface area contributed by atoms with Gasteiger partial charge >= 0.3 is 0 Å². The number of allylic oxidation sites excluding steroid dienone is 1. The zero-order valence-electron chi connectivity index (χ0n) is 8.89. The van der Waals surface area contributed by atoms with E-state index < -0.39 is 0 Å². The molecule has 0 aliphatic carbocycles. The van der Waals surface area contributed by atoms with Gasteiger partial charge in [0.05, 0.1) is 0 Å². The van der Waals surface area contributed by atoms with E-state index >= 15 is 0 Å². The van der Waals surface area contributed by atoms with Crippen LogP contribution < -0.4 is 5.73 Å². The summed E-state index contributed by atoms with van der Waals surface area (Å²) in [5.74, 6) is -0.343. The van der Waals surface area contributed by atoms with Crippen molar-refractivity contribution < 1.29 is 4.79 Å². The predicted molar refractivity (Wildman–Crippen MR) is 62.8 cm³/mol. The first-order valence-electron chi connectivity index (χ1n) is 5.04. The molecule has 0 spiro atoms. The molecule has 79 valence electrons. The monoisotopic (exact) mass is 202 g/mol. The molecule has 1 atom stereocenters. The molecule has 2 heteroatoms. The van der Waals surface area contributed by atoms with Crippen molar-refractivity contribution in [3.63, 3.8) is 0 Å². The molecule has 2 nitrogen and oxygen atoms in total. The van der Waals surface area contributed by atoms with Gasteiger partial charge in [-0.3, -0.25) is 4.79 Å². The molecule has 0 unspecified atom stereocenters. The number of hydrogen-bond acceptors (Lipinski definition) is 1. The van der Waals surface area contributed by atoms with Crippen molar-refractivity contribution in [2.75, 3.05) is 0 Å². The largest absolute Gasteiger partial charge is 0.369 e. The summed E-state index contributed by atoms with van der Waals surface area (Å²) >= 11 is 0. The number of carbonyl (C=O) groups is 1. The van der Waals surface area contributed by atoms with Crippen LogP contribution in [0.5, 0.6) is 0 Å². The van der Waals surface area contributed by atoms with Gasteiger partial charge in [-0.1, -0.05) is 49.4 Å². The molecule has 1 amide bonds. The van der Waals surface area contributed by atoms with Crippen LogP contribution in [0.2, 0.25) is 0 Å². The summed E-state index contributed by atoms with van der Waals surface area (Å²) in [6.07, 6.45) is 6.61. The molecule has 1 radical (unpaired) electrons. The highest BCUT2D eigenvalue weighted by Crippen LogP contribution is 2.06. The maximum atomic E-state index is 10.7. The third-order valence-electron chi connectivity index (χ3n) is 2.20. The molecule has 0 saturated heterocycles. The Balaban J connectivity index is 2.32. The molecule has 0 aliphatic heterocycles. The van der Waals surface area contributed by atoms with Crippen LogP contribution in [0, 0.1) is 12.3 Å². The van der Waals surface area contributed by atoms with Gasteiger partial charge in [0.1, 0.15) is 0 Å². The Kier molecular flexibility index (Phi) is 4.61. The minimum atomic E-state index is -0.251. The third-order valence-corrected chi connectivity index (χ3v) is 2.20. The summed E-state index contributed by atoms with van der Waals surface area (Å²) in [6, 6.07) is 10.0. The molecule has 0 saturated carbocycles. The highest BCUT2D eigenvalue weighted by atomic mass is 16.1. The first-order chi connectivity index (χ1) is 7.20. The summed E-state index contributed by atoms with van der Waals surface area (Å²) in [5, 5.41) is 0. The fourth-order valence-corrected chi connectivity index (χ4v) is 1.14. The molecule has 15 heavy (non-hydrogen) atoms. The molecular formula is C13H16NO. The van der Waals surface area contributed by atoms with Crippen molar-refractivity contribution in [2.45, 2.75) is 13.3 Å². The number of amides is 1. The Labute approximate surface area is 90.8 Å². The topological polar surface area (TPSA) is 43.1 Å². The smallest absolute Gasteiger partial charge is 0.220 e. The molecule has 0 heterocycles. The third kappa shape index (κ3) is 4.45. The van der Waals surface area contributed by atoms with Crippen molar-refractivity contribution in [3.8, 4) is 0 Å². The van der Waals surface area contributed by atoms with Crippen LogP contribution in [0.1, 0.15) is 18.9 Å². The average Bonchev–Trinajstić information content (AvgIpc) is 2.25. The van der Waals surface area contributed by atoms with Gasteiger partial charge in [-0.25, -0.2) is 0 Å². The molecule has 0 aromatic heterocycles. The number of carbonyl (C=O) groups excluding carboxylic acids is 1. The van der Waals surface area contributed by atoms with E-state index in [4.69, 9.17) is 5.73 Å². The van der Waals surface area contributed by atoms with Gasteiger partial charge in [-0.2, -0.15) is 0 Å². The van der Waals surface area contributed by atoms with Gasteiger partial charge in [0, 0.05) is 5.92 Å². The maximum Gasteiger partial charge on any atom is 0.220 e. The number of nitrogens with two attached hydrogens (primary N) is 1. The van der Waals surface area contributed by atoms with E-state index in [-0.39, 0.29) is 11.8 Å². The van der Waals surface area contributed by atoms with E-state index in [2.05, 4.69) is 0 Å². The highest BCUT2D eigenvalue weighted by Gasteiger charge is 2.05. The second-order valence-electron chi connectivity index (χ2n) is 3.54. The van der Waals surface area contributed by atoms with Gasteiger partial charge in [0.2, 0.25) is 5.91 Å². The second-order valence-corrected chi connectivity index (χ2v) is 3.54. The fraction of sp³-hybridized carbons (Fsp3) is 0.231. The Morgan fingerprint density at radius 1 is 1.40 bits per heavy atom. The summed E-state index contributed by atoms with van der Waals surface area (Å²) in [5.41, 5.74) is 6.30. The molecule has 0 fully saturated rings. The van der Waals surface area contributed by atoms with Gasteiger partial charge in [-0.15, -0.1) is 0 Å². The molecule has 1 aromatic carbocycles. The maximum absolute atomic E-state index is 10.7. The Morgan fingerprint density at radius 3 is 2.67 bits per heavy atom. The Bertz CT molecular complexity index is 330. The van der Waals surface area contributed by atoms with Crippen molar-refractivity contribution >= 4 is 12.0 Å². The van der Waals surface area contributed by atoms with E-state index in [1.54, 1.807) is 0 Å². The zero-order valence-corrected chi connectivity index (χ0v) is 8.89. The van der Waals surface area contributed by atoms with Gasteiger partial charge in [0.15, 0.2) is 0 Å². The lowest BCUT2D eigenvalue weighted by Crippen LogP contribution is -2.20. The first-order valence-corrected chi connectivity index (χ1v) is 5.04. The van der Waals surface area contributed by atoms with Crippen molar-refractivity contribution in [1.29, 1.82) is 0 Å². The Morgan fingerprint density at radius 2 is 2.07 bits per heavy atom. The second kappa shape index (κ2) is 6.02. The van der Waals surface area contributed by atoms with Crippen molar-refractivity contribution in [1.82, 2.24) is 0 Å². The molecular weight excluding hydrogens is 186 g/mol. The number of primary amides is 1. The van der Waals surface area contributed by atoms with Gasteiger partial charge < -0.3 is 5.73 Å². The van der Waals surface area contributed by atoms with E-state index in [0.29, 0.717) is 6.42 Å². The summed E-state index contributed by atoms with van der Waals surface area (Å²) in [7, 11) is 0. The van der Waals surface area contributed by atoms with Crippen molar-refractivity contribution in [2.24, 2.45) is 11.7 Å². The van der Waals surface area contributed by atoms with Crippen LogP contribution in [0.25, 0.3) is 6.08 Å². The van der Waals surface area contributed by atoms with Gasteiger partial charge in [-0.05, 0) is 18.4 Å². The minimum absolute atomic E-state index is 0.0922. The van der Waals surface area contributed by atoms with Crippen LogP contribution in [-0.2, 0) is 4.79 Å². The molecule has 0 aliphatic rings. The van der Waals surface area contributed by atoms with E-state index in [1.807, 2.05) is 55.8 Å². The zero-order chi connectivity index (χ0) is 11.1. The van der Waals surface area contributed by atoms with Crippen LogP contribution in [-0.4, -0.2) is 5.91 Å². The summed E-state index contributed by atoms with van der Waals surface area (Å²) in [4.78, 5) is 10.7. The highest BCUT2D eigenvalue weighted by molar-refractivity contribution is 5.76. The molecule has 1 rings (SSSR count). The molecule has 2 N–H and O–H groups in total. The van der Waals surface area contributed by atoms with Crippen molar-refractivity contribution in [3.05, 3.63) is 48.4 Å². The van der Waals surface area contributed by atoms with Gasteiger partial charge in [0.25, 0.3) is 0 Å². The quantitative estimate of drug-likeness (QED) is 0.782. The first kappa shape index (κ1) is 11.5. The Hall–Kier alpha value is -1.57. The van der Waals surface area contributed by atoms with Crippen LogP contribution >= 0.6 is 0 Å². The molecule has 0 bridgehead atoms. The predicted octanol–water partition coefficient (Wildman–Crippen LogP) is 2.42. The summed E-state index contributed by atoms with van der Waals surface area (Å²) in [6.45, 7) is 1.83. The number of rotatable bonds is 5. The van der Waals surface area contributed by atoms with E-state index in [9.17, 15) is 4.79 Å². The lowest BCUT2D eigenvalue weighted by atomic mass is 10.0. The van der Waals surface area contributed by atoms with Crippen LogP contribution in [0.4, 0.5) is 0 Å². The number of hydrogen-bond donors (Lipinski definition) is 1. The SMILES string of the molecule is C[C@@H](C[CH]C=Cc1ccccc1)C(N)=O. The summed E-state index contributed by atoms with van der Waals surface area (Å²) < 4.78 is 0. The van der Waals surface area contributed by atoms with Crippen LogP contribution in [0.15, 0.2) is 36.4 Å². The van der Waals surface area contributed by atoms with Crippen LogP contribution in [0.3, 0.4) is 0 Å². The fourth-order valence-electron chi connectivity index (χ4n) is 1.14. The van der Waals surface area contributed by atoms with E-state index in [1.165, 1.54) is 0 Å². The van der Waals surface area contributed by atoms with E-state index in [0.717, 1.165) is 5.56 Å². The minimum Gasteiger partial charge on any atom is -0.369 e. The standard InChI is InChI=1S/C13H16NO/c1-11(13(14)15)7-5-6-10-12-8-3-2-4-9-12/h2-6,8-11H,7H2,1H3,(H2,14,15)/t11-/m0/s1. The number of benzene rings is 1.